The van der Waals surface area contributed by atoms with Crippen LogP contribution >= 0.6 is 0 Å². The molecule has 0 radical (unpaired) electrons. The van der Waals surface area contributed by atoms with Crippen molar-refractivity contribution in [3.05, 3.63) is 42.0 Å². The Labute approximate surface area is 144 Å². The smallest absolute Gasteiger partial charge is 0.163 e. The van der Waals surface area contributed by atoms with E-state index in [2.05, 4.69) is 27.3 Å². The summed E-state index contributed by atoms with van der Waals surface area (Å²) >= 11 is 0. The minimum absolute atomic E-state index is 0.0586. The predicted molar refractivity (Wildman–Crippen MR) is 95.8 cm³/mol. The molecule has 0 fully saturated rings. The lowest BCUT2D eigenvalue weighted by atomic mass is 10.1. The van der Waals surface area contributed by atoms with E-state index >= 15 is 0 Å². The van der Waals surface area contributed by atoms with Crippen molar-refractivity contribution in [1.82, 2.24) is 19.7 Å². The number of nitrogens with zero attached hydrogens (tertiary/aromatic N) is 4. The third-order valence-electron chi connectivity index (χ3n) is 4.46. The Morgan fingerprint density at radius 1 is 1.24 bits per heavy atom. The molecule has 0 bridgehead atoms. The molecule has 4 aromatic rings. The molecule has 4 rings (SSSR count). The lowest BCUT2D eigenvalue weighted by Crippen LogP contribution is -2.08. The average molecular weight is 337 g/mol. The molecular formula is C18H19N5O2. The summed E-state index contributed by atoms with van der Waals surface area (Å²) in [4.78, 5) is 8.62. The number of furan rings is 1. The Bertz CT molecular complexity index is 1070. The summed E-state index contributed by atoms with van der Waals surface area (Å²) in [5.41, 5.74) is 2.72. The van der Waals surface area contributed by atoms with Gasteiger partial charge in [-0.1, -0.05) is 0 Å². The van der Waals surface area contributed by atoms with Gasteiger partial charge in [-0.25, -0.2) is 9.97 Å². The lowest BCUT2D eigenvalue weighted by Gasteiger charge is -2.13. The molecule has 128 valence electrons. The van der Waals surface area contributed by atoms with Crippen LogP contribution in [0.1, 0.15) is 24.3 Å². The Morgan fingerprint density at radius 3 is 2.88 bits per heavy atom. The van der Waals surface area contributed by atoms with Gasteiger partial charge in [0, 0.05) is 18.0 Å². The summed E-state index contributed by atoms with van der Waals surface area (Å²) < 4.78 is 13.1. The second-order valence-corrected chi connectivity index (χ2v) is 6.05. The molecule has 3 aromatic heterocycles. The Balaban J connectivity index is 1.72. The predicted octanol–water partition coefficient (Wildman–Crippen LogP) is 3.60. The molecule has 1 unspecified atom stereocenters. The molecule has 1 N–H and O–H groups in total. The maximum absolute atomic E-state index is 6.07. The molecular weight excluding hydrogens is 318 g/mol. The fraction of sp³-hybridized carbons (Fsp3) is 0.278. The number of hydrogen-bond acceptors (Lipinski definition) is 6. The Morgan fingerprint density at radius 2 is 2.08 bits per heavy atom. The lowest BCUT2D eigenvalue weighted by molar-refractivity contribution is 0.415. The van der Waals surface area contributed by atoms with Crippen molar-refractivity contribution in [3.63, 3.8) is 0 Å². The highest BCUT2D eigenvalue weighted by Crippen LogP contribution is 2.33. The Kier molecular flexibility index (Phi) is 3.56. The highest BCUT2D eigenvalue weighted by molar-refractivity contribution is 5.87. The van der Waals surface area contributed by atoms with Gasteiger partial charge in [-0.2, -0.15) is 5.10 Å². The maximum Gasteiger partial charge on any atom is 0.163 e. The minimum atomic E-state index is -0.0586. The van der Waals surface area contributed by atoms with Crippen LogP contribution in [-0.2, 0) is 7.05 Å². The third-order valence-corrected chi connectivity index (χ3v) is 4.46. The Hall–Kier alpha value is -3.09. The maximum atomic E-state index is 6.07. The van der Waals surface area contributed by atoms with E-state index in [4.69, 9.17) is 9.15 Å². The van der Waals surface area contributed by atoms with Crippen LogP contribution in [0.15, 0.2) is 35.1 Å². The number of aryl methyl sites for hydroxylation is 2. The van der Waals surface area contributed by atoms with Crippen LogP contribution < -0.4 is 10.1 Å². The first kappa shape index (κ1) is 15.4. The molecule has 1 aromatic carbocycles. The zero-order valence-electron chi connectivity index (χ0n) is 14.6. The summed E-state index contributed by atoms with van der Waals surface area (Å²) in [7, 11) is 3.52. The van der Waals surface area contributed by atoms with Crippen molar-refractivity contribution in [2.45, 2.75) is 19.9 Å². The number of anilines is 1. The monoisotopic (exact) mass is 337 g/mol. The van der Waals surface area contributed by atoms with E-state index in [1.807, 2.05) is 32.2 Å². The van der Waals surface area contributed by atoms with Gasteiger partial charge >= 0.3 is 0 Å². The average Bonchev–Trinajstić information content (AvgIpc) is 3.16. The zero-order chi connectivity index (χ0) is 17.6. The van der Waals surface area contributed by atoms with Gasteiger partial charge < -0.3 is 14.5 Å². The fourth-order valence-corrected chi connectivity index (χ4v) is 3.11. The van der Waals surface area contributed by atoms with Crippen LogP contribution in [0.3, 0.4) is 0 Å². The summed E-state index contributed by atoms with van der Waals surface area (Å²) in [6, 6.07) is 5.77. The quantitative estimate of drug-likeness (QED) is 0.613. The van der Waals surface area contributed by atoms with Gasteiger partial charge in [-0.05, 0) is 32.0 Å². The van der Waals surface area contributed by atoms with Crippen LogP contribution in [0.2, 0.25) is 0 Å². The number of nitrogens with one attached hydrogen (secondary N) is 1. The zero-order valence-corrected chi connectivity index (χ0v) is 14.6. The third kappa shape index (κ3) is 2.48. The summed E-state index contributed by atoms with van der Waals surface area (Å²) in [5.74, 6) is 2.43. The van der Waals surface area contributed by atoms with Gasteiger partial charge in [0.05, 0.1) is 24.7 Å². The van der Waals surface area contributed by atoms with E-state index in [9.17, 15) is 0 Å². The van der Waals surface area contributed by atoms with Crippen molar-refractivity contribution in [2.24, 2.45) is 7.05 Å². The number of hydrogen-bond donors (Lipinski definition) is 1. The fourth-order valence-electron chi connectivity index (χ4n) is 3.11. The first-order chi connectivity index (χ1) is 12.1. The number of methoxy groups -OCH3 is 1. The standard InChI is InChI=1S/C18H19N5O2/c1-10-13-7-12(24-4)5-6-15(13)25-16(10)11(2)22-17-14-8-21-23(3)18(14)20-9-19-17/h5-9,11H,1-4H3,(H,19,20,22). The van der Waals surface area contributed by atoms with Gasteiger partial charge in [0.25, 0.3) is 0 Å². The van der Waals surface area contributed by atoms with Crippen molar-refractivity contribution >= 4 is 27.8 Å². The second-order valence-electron chi connectivity index (χ2n) is 6.05. The normalized spacial score (nSPS) is 12.6. The first-order valence-corrected chi connectivity index (χ1v) is 8.04. The number of ether oxygens (including phenoxy) is 1. The first-order valence-electron chi connectivity index (χ1n) is 8.04. The van der Waals surface area contributed by atoms with Crippen molar-refractivity contribution in [3.8, 4) is 5.75 Å². The summed E-state index contributed by atoms with van der Waals surface area (Å²) in [6.45, 7) is 4.10. The minimum Gasteiger partial charge on any atom is -0.497 e. The molecule has 1 atom stereocenters. The highest BCUT2D eigenvalue weighted by Gasteiger charge is 2.19. The number of benzene rings is 1. The largest absolute Gasteiger partial charge is 0.497 e. The van der Waals surface area contributed by atoms with E-state index < -0.39 is 0 Å². The van der Waals surface area contributed by atoms with Crippen LogP contribution in [-0.4, -0.2) is 26.9 Å². The number of rotatable bonds is 4. The van der Waals surface area contributed by atoms with Gasteiger partial charge in [0.15, 0.2) is 5.65 Å². The van der Waals surface area contributed by atoms with E-state index in [0.717, 1.165) is 44.9 Å². The van der Waals surface area contributed by atoms with Crippen LogP contribution in [0.25, 0.3) is 22.0 Å². The molecule has 7 heteroatoms. The summed E-state index contributed by atoms with van der Waals surface area (Å²) in [6.07, 6.45) is 3.30. The highest BCUT2D eigenvalue weighted by atomic mass is 16.5. The number of fused-ring (bicyclic) bond motifs is 2. The van der Waals surface area contributed by atoms with Crippen LogP contribution in [0.5, 0.6) is 5.75 Å². The molecule has 0 saturated heterocycles. The van der Waals surface area contributed by atoms with Gasteiger partial charge in [-0.3, -0.25) is 4.68 Å². The SMILES string of the molecule is COc1ccc2oc(C(C)Nc3ncnc4c3cnn4C)c(C)c2c1. The number of aromatic nitrogens is 4. The van der Waals surface area contributed by atoms with E-state index in [1.54, 1.807) is 18.0 Å². The molecule has 0 saturated carbocycles. The topological polar surface area (TPSA) is 78.0 Å². The van der Waals surface area contributed by atoms with E-state index in [0.29, 0.717) is 0 Å². The van der Waals surface area contributed by atoms with Gasteiger partial charge in [0.1, 0.15) is 29.2 Å². The van der Waals surface area contributed by atoms with Crippen molar-refractivity contribution in [2.75, 3.05) is 12.4 Å². The molecule has 0 amide bonds. The molecule has 3 heterocycles. The molecule has 0 aliphatic carbocycles. The molecule has 0 spiro atoms. The van der Waals surface area contributed by atoms with Crippen LogP contribution in [0, 0.1) is 6.92 Å². The second kappa shape index (κ2) is 5.77. The van der Waals surface area contributed by atoms with Crippen molar-refractivity contribution < 1.29 is 9.15 Å². The summed E-state index contributed by atoms with van der Waals surface area (Å²) in [5, 5.41) is 9.59. The molecule has 7 nitrogen and oxygen atoms in total. The van der Waals surface area contributed by atoms with Gasteiger partial charge in [0.2, 0.25) is 0 Å². The molecule has 0 aliphatic rings. The molecule has 0 aliphatic heterocycles. The van der Waals surface area contributed by atoms with E-state index in [-0.39, 0.29) is 6.04 Å². The van der Waals surface area contributed by atoms with Crippen LogP contribution in [0.4, 0.5) is 5.82 Å². The van der Waals surface area contributed by atoms with Crippen molar-refractivity contribution in [1.29, 1.82) is 0 Å². The van der Waals surface area contributed by atoms with Gasteiger partial charge in [-0.15, -0.1) is 0 Å². The van der Waals surface area contributed by atoms with E-state index in [1.165, 1.54) is 6.33 Å². The molecule has 25 heavy (non-hydrogen) atoms.